The van der Waals surface area contributed by atoms with E-state index in [1.807, 2.05) is 48.5 Å². The SMILES string of the molecule is O=C(O)COc1ccc(Cl)c(COc2cccc(OCc3ccc4ccccc4n3)c2)c1Cl. The Morgan fingerprint density at radius 3 is 2.39 bits per heavy atom. The van der Waals surface area contributed by atoms with Crippen LogP contribution in [0.25, 0.3) is 10.9 Å². The number of ether oxygens (including phenoxy) is 3. The number of pyridine rings is 1. The van der Waals surface area contributed by atoms with Gasteiger partial charge in [0.1, 0.15) is 30.5 Å². The molecule has 0 aliphatic heterocycles. The van der Waals surface area contributed by atoms with E-state index in [1.54, 1.807) is 18.2 Å². The van der Waals surface area contributed by atoms with Crippen LogP contribution in [0.4, 0.5) is 0 Å². The zero-order valence-corrected chi connectivity index (χ0v) is 18.8. The van der Waals surface area contributed by atoms with Gasteiger partial charge in [-0.15, -0.1) is 0 Å². The maximum Gasteiger partial charge on any atom is 0.341 e. The Morgan fingerprint density at radius 2 is 1.61 bits per heavy atom. The number of aliphatic carboxylic acids is 1. The van der Waals surface area contributed by atoms with Crippen molar-refractivity contribution in [3.8, 4) is 17.2 Å². The fraction of sp³-hybridized carbons (Fsp3) is 0.120. The third kappa shape index (κ3) is 5.86. The van der Waals surface area contributed by atoms with Crippen molar-refractivity contribution >= 4 is 40.1 Å². The molecular weight excluding hydrogens is 465 g/mol. The molecule has 168 valence electrons. The zero-order chi connectivity index (χ0) is 23.2. The van der Waals surface area contributed by atoms with Crippen LogP contribution < -0.4 is 14.2 Å². The van der Waals surface area contributed by atoms with Crippen LogP contribution in [0.1, 0.15) is 11.3 Å². The monoisotopic (exact) mass is 483 g/mol. The molecule has 0 aliphatic carbocycles. The van der Waals surface area contributed by atoms with E-state index in [0.717, 1.165) is 16.6 Å². The van der Waals surface area contributed by atoms with Gasteiger partial charge in [-0.1, -0.05) is 53.5 Å². The molecule has 0 aliphatic rings. The topological polar surface area (TPSA) is 77.9 Å². The van der Waals surface area contributed by atoms with Gasteiger partial charge in [0.05, 0.1) is 16.2 Å². The van der Waals surface area contributed by atoms with Gasteiger partial charge in [-0.05, 0) is 36.4 Å². The molecule has 1 aromatic heterocycles. The summed E-state index contributed by atoms with van der Waals surface area (Å²) in [6.07, 6.45) is 0. The second-order valence-corrected chi connectivity index (χ2v) is 7.85. The second-order valence-electron chi connectivity index (χ2n) is 7.07. The molecule has 0 radical (unpaired) electrons. The van der Waals surface area contributed by atoms with E-state index < -0.39 is 12.6 Å². The molecule has 4 aromatic rings. The standard InChI is InChI=1S/C25H19Cl2NO5/c26-21-10-11-23(33-15-24(29)30)25(27)20(21)14-32-19-6-3-5-18(12-19)31-13-17-9-8-16-4-1-2-7-22(16)28-17/h1-12H,13-15H2,(H,29,30). The summed E-state index contributed by atoms with van der Waals surface area (Å²) in [4.78, 5) is 15.4. The highest BCUT2D eigenvalue weighted by Crippen LogP contribution is 2.34. The normalized spacial score (nSPS) is 10.7. The van der Waals surface area contributed by atoms with Crippen molar-refractivity contribution in [1.29, 1.82) is 0 Å². The molecule has 0 spiro atoms. The van der Waals surface area contributed by atoms with E-state index in [0.29, 0.717) is 28.7 Å². The summed E-state index contributed by atoms with van der Waals surface area (Å²) in [5.41, 5.74) is 2.23. The van der Waals surface area contributed by atoms with Crippen LogP contribution in [0.2, 0.25) is 10.0 Å². The Hall–Kier alpha value is -3.48. The smallest absolute Gasteiger partial charge is 0.341 e. The van der Waals surface area contributed by atoms with E-state index in [9.17, 15) is 4.79 Å². The van der Waals surface area contributed by atoms with E-state index in [-0.39, 0.29) is 17.4 Å². The molecule has 0 saturated heterocycles. The fourth-order valence-corrected chi connectivity index (χ4v) is 3.65. The number of para-hydroxylation sites is 1. The van der Waals surface area contributed by atoms with Crippen LogP contribution >= 0.6 is 23.2 Å². The molecule has 0 fully saturated rings. The summed E-state index contributed by atoms with van der Waals surface area (Å²) in [6.45, 7) is -0.125. The lowest BCUT2D eigenvalue weighted by molar-refractivity contribution is -0.139. The van der Waals surface area contributed by atoms with E-state index in [2.05, 4.69) is 4.98 Å². The lowest BCUT2D eigenvalue weighted by Crippen LogP contribution is -2.10. The number of rotatable bonds is 9. The zero-order valence-electron chi connectivity index (χ0n) is 17.3. The van der Waals surface area contributed by atoms with Crippen LogP contribution in [0.5, 0.6) is 17.2 Å². The number of nitrogens with zero attached hydrogens (tertiary/aromatic N) is 1. The highest BCUT2D eigenvalue weighted by atomic mass is 35.5. The van der Waals surface area contributed by atoms with Crippen LogP contribution in [0.3, 0.4) is 0 Å². The van der Waals surface area contributed by atoms with E-state index in [4.69, 9.17) is 42.5 Å². The van der Waals surface area contributed by atoms with Crippen molar-refractivity contribution in [2.24, 2.45) is 0 Å². The third-order valence-electron chi connectivity index (χ3n) is 4.73. The minimum absolute atomic E-state index is 0.0671. The highest BCUT2D eigenvalue weighted by Gasteiger charge is 2.14. The first-order valence-corrected chi connectivity index (χ1v) is 10.8. The minimum atomic E-state index is -1.10. The van der Waals surface area contributed by atoms with Crippen LogP contribution in [0.15, 0.2) is 72.8 Å². The molecule has 6 nitrogen and oxygen atoms in total. The first-order chi connectivity index (χ1) is 16.0. The number of hydrogen-bond donors (Lipinski definition) is 1. The molecule has 3 aromatic carbocycles. The summed E-state index contributed by atoms with van der Waals surface area (Å²) in [5.74, 6) is 0.303. The van der Waals surface area contributed by atoms with Gasteiger partial charge in [0, 0.05) is 22.0 Å². The summed E-state index contributed by atoms with van der Waals surface area (Å²) >= 11 is 12.6. The molecule has 33 heavy (non-hydrogen) atoms. The van der Waals surface area contributed by atoms with Crippen LogP contribution in [0, 0.1) is 0 Å². The van der Waals surface area contributed by atoms with Crippen molar-refractivity contribution in [1.82, 2.24) is 4.98 Å². The summed E-state index contributed by atoms with van der Waals surface area (Å²) in [6, 6.07) is 22.1. The molecule has 0 amide bonds. The average Bonchev–Trinajstić information content (AvgIpc) is 2.82. The highest BCUT2D eigenvalue weighted by molar-refractivity contribution is 6.36. The Balaban J connectivity index is 1.41. The third-order valence-corrected chi connectivity index (χ3v) is 5.50. The van der Waals surface area contributed by atoms with Gasteiger partial charge in [-0.25, -0.2) is 9.78 Å². The Labute approximate surface area is 200 Å². The van der Waals surface area contributed by atoms with Gasteiger partial charge in [0.2, 0.25) is 0 Å². The first kappa shape index (κ1) is 22.7. The number of fused-ring (bicyclic) bond motifs is 1. The summed E-state index contributed by atoms with van der Waals surface area (Å²) in [7, 11) is 0. The predicted octanol–water partition coefficient (Wildman–Crippen LogP) is 6.16. The van der Waals surface area contributed by atoms with Gasteiger partial charge < -0.3 is 19.3 Å². The Morgan fingerprint density at radius 1 is 0.848 bits per heavy atom. The molecule has 0 atom stereocenters. The van der Waals surface area contributed by atoms with Crippen molar-refractivity contribution in [2.75, 3.05) is 6.61 Å². The molecule has 0 bridgehead atoms. The van der Waals surface area contributed by atoms with Crippen LogP contribution in [-0.4, -0.2) is 22.7 Å². The average molecular weight is 484 g/mol. The van der Waals surface area contributed by atoms with Crippen molar-refractivity contribution in [3.63, 3.8) is 0 Å². The minimum Gasteiger partial charge on any atom is -0.489 e. The number of benzene rings is 3. The molecule has 8 heteroatoms. The fourth-order valence-electron chi connectivity index (χ4n) is 3.11. The molecular formula is C25H19Cl2NO5. The maximum absolute atomic E-state index is 10.7. The number of carboxylic acids is 1. The lowest BCUT2D eigenvalue weighted by atomic mass is 10.2. The molecule has 1 N–H and O–H groups in total. The summed E-state index contributed by atoms with van der Waals surface area (Å²) < 4.78 is 16.9. The van der Waals surface area contributed by atoms with Gasteiger partial charge in [-0.2, -0.15) is 0 Å². The van der Waals surface area contributed by atoms with Crippen molar-refractivity contribution in [2.45, 2.75) is 13.2 Å². The number of aromatic nitrogens is 1. The lowest BCUT2D eigenvalue weighted by Gasteiger charge is -2.14. The molecule has 4 rings (SSSR count). The molecule has 1 heterocycles. The van der Waals surface area contributed by atoms with E-state index in [1.165, 1.54) is 6.07 Å². The largest absolute Gasteiger partial charge is 0.489 e. The second kappa shape index (κ2) is 10.4. The number of carboxylic acid groups (broad SMARTS) is 1. The van der Waals surface area contributed by atoms with Crippen molar-refractivity contribution < 1.29 is 24.1 Å². The van der Waals surface area contributed by atoms with Gasteiger partial charge >= 0.3 is 5.97 Å². The van der Waals surface area contributed by atoms with Gasteiger partial charge in [-0.3, -0.25) is 0 Å². The van der Waals surface area contributed by atoms with Crippen LogP contribution in [-0.2, 0) is 18.0 Å². The Bertz CT molecular complexity index is 1300. The number of hydrogen-bond acceptors (Lipinski definition) is 5. The summed E-state index contributed by atoms with van der Waals surface area (Å²) in [5, 5.41) is 10.5. The molecule has 0 unspecified atom stereocenters. The number of halogens is 2. The predicted molar refractivity (Wildman–Crippen MR) is 126 cm³/mol. The van der Waals surface area contributed by atoms with Crippen molar-refractivity contribution in [3.05, 3.63) is 94.1 Å². The van der Waals surface area contributed by atoms with Gasteiger partial charge in [0.15, 0.2) is 6.61 Å². The van der Waals surface area contributed by atoms with E-state index >= 15 is 0 Å². The Kier molecular flexibility index (Phi) is 7.17. The quantitative estimate of drug-likeness (QED) is 0.307. The molecule has 0 saturated carbocycles. The van der Waals surface area contributed by atoms with Gasteiger partial charge in [0.25, 0.3) is 0 Å². The number of carbonyl (C=O) groups is 1. The maximum atomic E-state index is 10.7. The first-order valence-electron chi connectivity index (χ1n) is 10.0.